The Bertz CT molecular complexity index is 1060. The number of amides is 3. The van der Waals surface area contributed by atoms with Crippen LogP contribution in [0.5, 0.6) is 0 Å². The number of hydrogen-bond acceptors (Lipinski definition) is 7. The second-order valence-electron chi connectivity index (χ2n) is 8.26. The number of nitrogens with one attached hydrogen (secondary N) is 1. The van der Waals surface area contributed by atoms with Crippen molar-refractivity contribution in [3.05, 3.63) is 54.1 Å². The molecule has 3 heterocycles. The molecule has 2 aromatic rings. The number of halogens is 1. The van der Waals surface area contributed by atoms with Gasteiger partial charge in [-0.15, -0.1) is 0 Å². The highest BCUT2D eigenvalue weighted by molar-refractivity contribution is 5.90. The number of anilines is 2. The van der Waals surface area contributed by atoms with Gasteiger partial charge in [0.05, 0.1) is 37.5 Å². The van der Waals surface area contributed by atoms with Gasteiger partial charge in [0.1, 0.15) is 11.9 Å². The molecular weight excluding hydrogens is 457 g/mol. The first-order valence-corrected chi connectivity index (χ1v) is 11.5. The van der Waals surface area contributed by atoms with Gasteiger partial charge < -0.3 is 24.6 Å². The molecule has 0 saturated carbocycles. The lowest BCUT2D eigenvalue weighted by Crippen LogP contribution is -2.49. The number of rotatable bonds is 7. The summed E-state index contributed by atoms with van der Waals surface area (Å²) in [6.07, 6.45) is 1.89. The number of alkyl carbamates (subject to hydrolysis) is 1. The normalized spacial score (nSPS) is 17.8. The van der Waals surface area contributed by atoms with Crippen molar-refractivity contribution in [1.82, 2.24) is 15.2 Å². The standard InChI is InChI=1S/C24H28FN5O5/c1-2-34-23(32)27-15-19-16-30(24(33)35-19)18-5-6-21(20(25)13-18)28-8-10-29(11-9-28)22(31)12-17-4-3-7-26-14-17/h3-7,13-14,19H,2,8-12,15-16H2,1H3,(H,27,32). The molecule has 10 nitrogen and oxygen atoms in total. The maximum atomic E-state index is 15.0. The zero-order chi connectivity index (χ0) is 24.8. The van der Waals surface area contributed by atoms with Gasteiger partial charge in [-0.1, -0.05) is 6.07 Å². The van der Waals surface area contributed by atoms with Gasteiger partial charge in [0, 0.05) is 38.6 Å². The summed E-state index contributed by atoms with van der Waals surface area (Å²) in [4.78, 5) is 45.3. The second-order valence-corrected chi connectivity index (χ2v) is 8.26. The number of carbonyl (C=O) groups is 3. The van der Waals surface area contributed by atoms with Crippen LogP contribution in [0.25, 0.3) is 0 Å². The first kappa shape index (κ1) is 24.2. The molecule has 4 rings (SSSR count). The number of nitrogens with zero attached hydrogens (tertiary/aromatic N) is 4. The van der Waals surface area contributed by atoms with Gasteiger partial charge in [-0.25, -0.2) is 14.0 Å². The molecule has 1 N–H and O–H groups in total. The predicted molar refractivity (Wildman–Crippen MR) is 126 cm³/mol. The van der Waals surface area contributed by atoms with Gasteiger partial charge in [-0.05, 0) is 36.8 Å². The Morgan fingerprint density at radius 1 is 1.23 bits per heavy atom. The lowest BCUT2D eigenvalue weighted by atomic mass is 10.1. The van der Waals surface area contributed by atoms with Crippen LogP contribution in [-0.4, -0.2) is 80.0 Å². The van der Waals surface area contributed by atoms with Crippen LogP contribution in [0.2, 0.25) is 0 Å². The molecule has 2 fully saturated rings. The van der Waals surface area contributed by atoms with Crippen molar-refractivity contribution in [2.75, 3.05) is 55.7 Å². The molecule has 11 heteroatoms. The summed E-state index contributed by atoms with van der Waals surface area (Å²) in [5.41, 5.74) is 1.65. The number of piperazine rings is 1. The summed E-state index contributed by atoms with van der Waals surface area (Å²) < 4.78 is 25.1. The average Bonchev–Trinajstić information content (AvgIpc) is 3.24. The molecule has 186 valence electrons. The summed E-state index contributed by atoms with van der Waals surface area (Å²) in [6, 6.07) is 8.27. The third-order valence-corrected chi connectivity index (χ3v) is 5.92. The zero-order valence-electron chi connectivity index (χ0n) is 19.5. The second kappa shape index (κ2) is 11.0. The summed E-state index contributed by atoms with van der Waals surface area (Å²) >= 11 is 0. The maximum Gasteiger partial charge on any atom is 0.414 e. The van der Waals surface area contributed by atoms with Gasteiger partial charge in [0.15, 0.2) is 0 Å². The Morgan fingerprint density at radius 3 is 2.71 bits per heavy atom. The van der Waals surface area contributed by atoms with Crippen LogP contribution in [0.1, 0.15) is 12.5 Å². The Morgan fingerprint density at radius 2 is 2.03 bits per heavy atom. The summed E-state index contributed by atoms with van der Waals surface area (Å²) in [7, 11) is 0. The molecule has 0 radical (unpaired) electrons. The highest BCUT2D eigenvalue weighted by Crippen LogP contribution is 2.28. The first-order chi connectivity index (χ1) is 16.9. The van der Waals surface area contributed by atoms with E-state index in [9.17, 15) is 14.4 Å². The molecule has 1 unspecified atom stereocenters. The van der Waals surface area contributed by atoms with Gasteiger partial charge in [0.2, 0.25) is 5.91 Å². The Kier molecular flexibility index (Phi) is 7.64. The minimum Gasteiger partial charge on any atom is -0.450 e. The van der Waals surface area contributed by atoms with Crippen LogP contribution in [0.3, 0.4) is 0 Å². The van der Waals surface area contributed by atoms with Gasteiger partial charge in [-0.2, -0.15) is 0 Å². The molecule has 35 heavy (non-hydrogen) atoms. The number of aromatic nitrogens is 1. The highest BCUT2D eigenvalue weighted by Gasteiger charge is 2.33. The minimum atomic E-state index is -0.603. The molecule has 0 spiro atoms. The molecule has 3 amide bonds. The van der Waals surface area contributed by atoms with Crippen LogP contribution in [0.4, 0.5) is 25.4 Å². The van der Waals surface area contributed by atoms with Gasteiger partial charge >= 0.3 is 12.2 Å². The summed E-state index contributed by atoms with van der Waals surface area (Å²) in [5.74, 6) is -0.438. The van der Waals surface area contributed by atoms with E-state index >= 15 is 4.39 Å². The van der Waals surface area contributed by atoms with E-state index in [2.05, 4.69) is 10.3 Å². The number of ether oxygens (including phenoxy) is 2. The van der Waals surface area contributed by atoms with Crippen LogP contribution in [0.15, 0.2) is 42.7 Å². The molecule has 1 aromatic heterocycles. The Labute approximate surface area is 202 Å². The van der Waals surface area contributed by atoms with Gasteiger partial charge in [0.25, 0.3) is 0 Å². The number of carbonyl (C=O) groups excluding carboxylic acids is 3. The third-order valence-electron chi connectivity index (χ3n) is 5.92. The Balaban J connectivity index is 1.31. The van der Waals surface area contributed by atoms with E-state index in [0.717, 1.165) is 5.56 Å². The van der Waals surface area contributed by atoms with E-state index in [1.165, 1.54) is 11.0 Å². The topological polar surface area (TPSA) is 104 Å². The maximum absolute atomic E-state index is 15.0. The van der Waals surface area contributed by atoms with E-state index in [1.807, 2.05) is 11.0 Å². The van der Waals surface area contributed by atoms with Crippen molar-refractivity contribution in [2.45, 2.75) is 19.4 Å². The van der Waals surface area contributed by atoms with Crippen molar-refractivity contribution in [3.8, 4) is 0 Å². The highest BCUT2D eigenvalue weighted by atomic mass is 19.1. The van der Waals surface area contributed by atoms with E-state index < -0.39 is 24.1 Å². The fourth-order valence-electron chi connectivity index (χ4n) is 4.12. The molecule has 2 saturated heterocycles. The average molecular weight is 486 g/mol. The molecule has 2 aliphatic rings. The van der Waals surface area contributed by atoms with E-state index in [-0.39, 0.29) is 25.6 Å². The molecule has 1 atom stereocenters. The lowest BCUT2D eigenvalue weighted by molar-refractivity contribution is -0.130. The van der Waals surface area contributed by atoms with Crippen molar-refractivity contribution in [1.29, 1.82) is 0 Å². The number of hydrogen-bond donors (Lipinski definition) is 1. The van der Waals surface area contributed by atoms with Crippen molar-refractivity contribution < 1.29 is 28.2 Å². The largest absolute Gasteiger partial charge is 0.450 e. The van der Waals surface area contributed by atoms with Gasteiger partial charge in [-0.3, -0.25) is 14.7 Å². The molecule has 1 aromatic carbocycles. The quantitative estimate of drug-likeness (QED) is 0.641. The third kappa shape index (κ3) is 5.97. The number of pyridine rings is 1. The number of cyclic esters (lactones) is 1. The van der Waals surface area contributed by atoms with Crippen molar-refractivity contribution in [3.63, 3.8) is 0 Å². The monoisotopic (exact) mass is 485 g/mol. The zero-order valence-corrected chi connectivity index (χ0v) is 19.5. The SMILES string of the molecule is CCOC(=O)NCC1CN(c2ccc(N3CCN(C(=O)Cc4cccnc4)CC3)c(F)c2)C(=O)O1. The van der Waals surface area contributed by atoms with E-state index in [0.29, 0.717) is 44.0 Å². The van der Waals surface area contributed by atoms with Crippen LogP contribution in [-0.2, 0) is 20.7 Å². The Hall–Kier alpha value is -3.89. The predicted octanol–water partition coefficient (Wildman–Crippen LogP) is 2.18. The minimum absolute atomic E-state index is 0.0213. The molecule has 0 aliphatic carbocycles. The fraction of sp³-hybridized carbons (Fsp3) is 0.417. The van der Waals surface area contributed by atoms with Crippen LogP contribution < -0.4 is 15.1 Å². The molecule has 2 aliphatic heterocycles. The summed E-state index contributed by atoms with van der Waals surface area (Å²) in [5, 5.41) is 2.53. The summed E-state index contributed by atoms with van der Waals surface area (Å²) in [6.45, 7) is 4.21. The van der Waals surface area contributed by atoms with Crippen LogP contribution in [0, 0.1) is 5.82 Å². The first-order valence-electron chi connectivity index (χ1n) is 11.5. The van der Waals surface area contributed by atoms with Crippen LogP contribution >= 0.6 is 0 Å². The molecular formula is C24H28FN5O5. The fourth-order valence-corrected chi connectivity index (χ4v) is 4.12. The van der Waals surface area contributed by atoms with E-state index in [4.69, 9.17) is 9.47 Å². The van der Waals surface area contributed by atoms with Crippen molar-refractivity contribution >= 4 is 29.5 Å². The van der Waals surface area contributed by atoms with E-state index in [1.54, 1.807) is 42.4 Å². The smallest absolute Gasteiger partial charge is 0.414 e. The van der Waals surface area contributed by atoms with Crippen molar-refractivity contribution in [2.24, 2.45) is 0 Å². The lowest BCUT2D eigenvalue weighted by Gasteiger charge is -2.36. The number of benzene rings is 1. The molecule has 0 bridgehead atoms.